The van der Waals surface area contributed by atoms with Crippen molar-refractivity contribution < 1.29 is 0 Å². The number of hydrogen-bond acceptors (Lipinski definition) is 0. The molecule has 0 fully saturated rings. The van der Waals surface area contributed by atoms with Crippen molar-refractivity contribution in [2.45, 2.75) is 0 Å². The first-order valence-corrected chi connectivity index (χ1v) is 4.18. The number of rotatable bonds is 1. The van der Waals surface area contributed by atoms with Gasteiger partial charge in [0.1, 0.15) is 0 Å². The summed E-state index contributed by atoms with van der Waals surface area (Å²) in [5.41, 5.74) is 0.936. The van der Waals surface area contributed by atoms with E-state index in [2.05, 4.69) is 35.2 Å². The third-order valence-corrected chi connectivity index (χ3v) is 2.70. The molecule has 1 radical (unpaired) electrons. The van der Waals surface area contributed by atoms with Crippen molar-refractivity contribution in [1.82, 2.24) is 0 Å². The Balaban J connectivity index is 3.16. The van der Waals surface area contributed by atoms with Crippen LogP contribution in [-0.4, -0.2) is 0 Å². The van der Waals surface area contributed by atoms with Gasteiger partial charge >= 0.3 is 0 Å². The highest BCUT2D eigenvalue weighted by atomic mass is 127. The van der Waals surface area contributed by atoms with Gasteiger partial charge in [-0.25, -0.2) is 0 Å². The Bertz CT molecular complexity index is 255. The molecule has 0 saturated carbocycles. The van der Waals surface area contributed by atoms with Crippen molar-refractivity contribution in [2.75, 3.05) is 0 Å². The lowest BCUT2D eigenvalue weighted by atomic mass is 10.2. The molecule has 0 amide bonds. The zero-order chi connectivity index (χ0) is 7.56. The molecule has 2 heteroatoms. The maximum atomic E-state index is 5.82. The quantitative estimate of drug-likeness (QED) is 0.682. The summed E-state index contributed by atoms with van der Waals surface area (Å²) in [7, 11) is 0. The Morgan fingerprint density at radius 3 is 2.70 bits per heavy atom. The zero-order valence-electron chi connectivity index (χ0n) is 5.20. The van der Waals surface area contributed by atoms with Crippen molar-refractivity contribution in [2.24, 2.45) is 0 Å². The summed E-state index contributed by atoms with van der Waals surface area (Å²) in [6.07, 6.45) is 2.76. The summed E-state index contributed by atoms with van der Waals surface area (Å²) >= 11 is 7.99. The molecular weight excluding hydrogens is 258 g/mol. The molecule has 0 spiro atoms. The van der Waals surface area contributed by atoms with E-state index in [1.54, 1.807) is 0 Å². The number of halogens is 2. The molecule has 1 aromatic carbocycles. The first kappa shape index (κ1) is 8.08. The third-order valence-electron chi connectivity index (χ3n) is 1.12. The lowest BCUT2D eigenvalue weighted by Gasteiger charge is -1.95. The standard InChI is InChI=1S/C8H5ClI/c1-2-6-3-4-8(10)7(9)5-6/h3-5H,1H2. The van der Waals surface area contributed by atoms with Crippen LogP contribution >= 0.6 is 34.2 Å². The average Bonchev–Trinajstić information content (AvgIpc) is 1.95. The molecule has 0 N–H and O–H groups in total. The third kappa shape index (κ3) is 1.73. The van der Waals surface area contributed by atoms with Gasteiger partial charge in [-0.2, -0.15) is 0 Å². The molecule has 0 saturated heterocycles. The van der Waals surface area contributed by atoms with Crippen LogP contribution < -0.4 is 0 Å². The Labute approximate surface area is 79.0 Å². The monoisotopic (exact) mass is 263 g/mol. The lowest BCUT2D eigenvalue weighted by molar-refractivity contribution is 1.55. The second-order valence-electron chi connectivity index (χ2n) is 1.81. The lowest BCUT2D eigenvalue weighted by Crippen LogP contribution is -1.76. The summed E-state index contributed by atoms with van der Waals surface area (Å²) in [5.74, 6) is 0. The van der Waals surface area contributed by atoms with Crippen molar-refractivity contribution in [1.29, 1.82) is 0 Å². The smallest absolute Gasteiger partial charge is 0.0545 e. The normalized spacial score (nSPS) is 9.40. The van der Waals surface area contributed by atoms with Crippen molar-refractivity contribution >= 4 is 34.2 Å². The van der Waals surface area contributed by atoms with E-state index in [1.165, 1.54) is 0 Å². The van der Waals surface area contributed by atoms with Gasteiger partial charge in [-0.15, -0.1) is 0 Å². The topological polar surface area (TPSA) is 0 Å². The fraction of sp³-hybridized carbons (Fsp3) is 0. The van der Waals surface area contributed by atoms with Gasteiger partial charge in [-0.05, 0) is 46.4 Å². The highest BCUT2D eigenvalue weighted by Crippen LogP contribution is 2.19. The summed E-state index contributed by atoms with van der Waals surface area (Å²) in [6.45, 7) is 3.52. The molecule has 0 bridgehead atoms. The van der Waals surface area contributed by atoms with Crippen LogP contribution in [0.3, 0.4) is 0 Å². The highest BCUT2D eigenvalue weighted by Gasteiger charge is 1.94. The zero-order valence-corrected chi connectivity index (χ0v) is 8.11. The van der Waals surface area contributed by atoms with E-state index in [1.807, 2.05) is 18.2 Å². The van der Waals surface area contributed by atoms with E-state index in [9.17, 15) is 0 Å². The molecule has 0 nitrogen and oxygen atoms in total. The minimum absolute atomic E-state index is 0.759. The van der Waals surface area contributed by atoms with E-state index in [4.69, 9.17) is 11.6 Å². The van der Waals surface area contributed by atoms with E-state index in [0.717, 1.165) is 14.2 Å². The van der Waals surface area contributed by atoms with Crippen LogP contribution in [0.1, 0.15) is 5.56 Å². The molecule has 10 heavy (non-hydrogen) atoms. The predicted octanol–water partition coefficient (Wildman–Crippen LogP) is 3.28. The van der Waals surface area contributed by atoms with Crippen LogP contribution in [0, 0.1) is 9.65 Å². The molecular formula is C8H5ClI. The Kier molecular flexibility index (Phi) is 2.74. The molecule has 1 aromatic rings. The molecule has 1 rings (SSSR count). The molecule has 0 aliphatic rings. The number of hydrogen-bond donors (Lipinski definition) is 0. The molecule has 0 aliphatic carbocycles. The van der Waals surface area contributed by atoms with Crippen LogP contribution in [0.25, 0.3) is 0 Å². The first-order valence-electron chi connectivity index (χ1n) is 2.72. The van der Waals surface area contributed by atoms with Crippen LogP contribution in [0.15, 0.2) is 24.8 Å². The van der Waals surface area contributed by atoms with Gasteiger partial charge in [0, 0.05) is 3.57 Å². The first-order chi connectivity index (χ1) is 4.74. The molecule has 0 unspecified atom stereocenters. The van der Waals surface area contributed by atoms with Gasteiger partial charge < -0.3 is 0 Å². The largest absolute Gasteiger partial charge is 0.0906 e. The van der Waals surface area contributed by atoms with Gasteiger partial charge in [0.25, 0.3) is 0 Å². The van der Waals surface area contributed by atoms with Crippen molar-refractivity contribution in [3.63, 3.8) is 0 Å². The summed E-state index contributed by atoms with van der Waals surface area (Å²) in [6, 6.07) is 5.72. The molecule has 0 atom stereocenters. The second kappa shape index (κ2) is 3.39. The summed E-state index contributed by atoms with van der Waals surface area (Å²) in [5, 5.41) is 0.759. The van der Waals surface area contributed by atoms with Crippen LogP contribution in [0.5, 0.6) is 0 Å². The minimum atomic E-state index is 0.759. The van der Waals surface area contributed by atoms with E-state index < -0.39 is 0 Å². The Morgan fingerprint density at radius 1 is 1.50 bits per heavy atom. The van der Waals surface area contributed by atoms with Gasteiger partial charge in [0.05, 0.1) is 5.02 Å². The van der Waals surface area contributed by atoms with E-state index in [-0.39, 0.29) is 0 Å². The van der Waals surface area contributed by atoms with Gasteiger partial charge in [0.15, 0.2) is 0 Å². The maximum Gasteiger partial charge on any atom is 0.0545 e. The van der Waals surface area contributed by atoms with E-state index >= 15 is 0 Å². The minimum Gasteiger partial charge on any atom is -0.0906 e. The average molecular weight is 263 g/mol. The fourth-order valence-corrected chi connectivity index (χ4v) is 1.12. The van der Waals surface area contributed by atoms with Gasteiger partial charge in [-0.3, -0.25) is 0 Å². The number of benzene rings is 1. The summed E-state index contributed by atoms with van der Waals surface area (Å²) < 4.78 is 1.05. The van der Waals surface area contributed by atoms with Crippen molar-refractivity contribution in [3.8, 4) is 0 Å². The predicted molar refractivity (Wildman–Crippen MR) is 52.1 cm³/mol. The van der Waals surface area contributed by atoms with Crippen LogP contribution in [-0.2, 0) is 0 Å². The Morgan fingerprint density at radius 2 is 2.20 bits per heavy atom. The van der Waals surface area contributed by atoms with Crippen LogP contribution in [0.4, 0.5) is 0 Å². The van der Waals surface area contributed by atoms with E-state index in [0.29, 0.717) is 0 Å². The maximum absolute atomic E-state index is 5.82. The second-order valence-corrected chi connectivity index (χ2v) is 3.38. The SMILES string of the molecule is C=[C]c1ccc(I)c(Cl)c1. The van der Waals surface area contributed by atoms with Gasteiger partial charge in [0.2, 0.25) is 0 Å². The summed E-state index contributed by atoms with van der Waals surface area (Å²) in [4.78, 5) is 0. The molecule has 51 valence electrons. The van der Waals surface area contributed by atoms with Gasteiger partial charge in [-0.1, -0.05) is 24.2 Å². The Hall–Kier alpha value is -0.0200. The fourth-order valence-electron chi connectivity index (χ4n) is 0.606. The van der Waals surface area contributed by atoms with Crippen LogP contribution in [0.2, 0.25) is 5.02 Å². The van der Waals surface area contributed by atoms with Crippen molar-refractivity contribution in [3.05, 3.63) is 45.0 Å². The highest BCUT2D eigenvalue weighted by molar-refractivity contribution is 14.1. The molecule has 0 aliphatic heterocycles. The molecule has 0 aromatic heterocycles. The molecule has 0 heterocycles.